The molecule has 1 fully saturated rings. The third kappa shape index (κ3) is 6.07. The minimum Gasteiger partial charge on any atom is -0.378 e. The molecule has 1 atom stereocenters. The highest BCUT2D eigenvalue weighted by Crippen LogP contribution is 2.22. The summed E-state index contributed by atoms with van der Waals surface area (Å²) in [5.74, 6) is -0.181. The highest BCUT2D eigenvalue weighted by Gasteiger charge is 2.24. The van der Waals surface area contributed by atoms with Gasteiger partial charge >= 0.3 is 0 Å². The van der Waals surface area contributed by atoms with Crippen molar-refractivity contribution < 1.29 is 17.9 Å². The molecule has 1 aromatic carbocycles. The Bertz CT molecular complexity index is 720. The number of hydrogen-bond acceptors (Lipinski definition) is 5. The molecule has 1 aromatic rings. The average molecular weight is 369 g/mol. The fourth-order valence-corrected chi connectivity index (χ4v) is 4.30. The van der Waals surface area contributed by atoms with E-state index in [1.807, 2.05) is 0 Å². The van der Waals surface area contributed by atoms with Gasteiger partial charge in [0.2, 0.25) is 15.9 Å². The molecule has 0 spiro atoms. The van der Waals surface area contributed by atoms with Crippen molar-refractivity contribution >= 4 is 21.6 Å². The number of nitrogens with one attached hydrogen (secondary N) is 3. The van der Waals surface area contributed by atoms with E-state index >= 15 is 0 Å². The van der Waals surface area contributed by atoms with E-state index in [0.29, 0.717) is 24.5 Å². The van der Waals surface area contributed by atoms with Crippen LogP contribution in [0.4, 0.5) is 5.69 Å². The molecule has 2 rings (SSSR count). The maximum Gasteiger partial charge on any atom is 0.241 e. The highest BCUT2D eigenvalue weighted by atomic mass is 32.2. The van der Waals surface area contributed by atoms with E-state index in [0.717, 1.165) is 6.54 Å². The lowest BCUT2D eigenvalue weighted by atomic mass is 10.1. The summed E-state index contributed by atoms with van der Waals surface area (Å²) in [4.78, 5) is 12.3. The van der Waals surface area contributed by atoms with Crippen LogP contribution in [0, 0.1) is 6.92 Å². The van der Waals surface area contributed by atoms with E-state index in [9.17, 15) is 13.2 Å². The molecule has 1 aliphatic rings. The molecule has 8 heteroatoms. The van der Waals surface area contributed by atoms with E-state index in [4.69, 9.17) is 4.74 Å². The van der Waals surface area contributed by atoms with Crippen LogP contribution in [-0.4, -0.2) is 45.7 Å². The van der Waals surface area contributed by atoms with Gasteiger partial charge in [-0.3, -0.25) is 4.79 Å². The number of rotatable bonds is 5. The Kier molecular flexibility index (Phi) is 6.21. The smallest absolute Gasteiger partial charge is 0.241 e. The second-order valence-corrected chi connectivity index (χ2v) is 8.96. The van der Waals surface area contributed by atoms with Crippen LogP contribution in [-0.2, 0) is 19.6 Å². The van der Waals surface area contributed by atoms with Gasteiger partial charge in [0.1, 0.15) is 0 Å². The Morgan fingerprint density at radius 1 is 1.36 bits per heavy atom. The van der Waals surface area contributed by atoms with Gasteiger partial charge in [-0.05, 0) is 45.4 Å². The molecular formula is C17H27N3O4S. The summed E-state index contributed by atoms with van der Waals surface area (Å²) < 4.78 is 33.1. The summed E-state index contributed by atoms with van der Waals surface area (Å²) >= 11 is 0. The van der Waals surface area contributed by atoms with Gasteiger partial charge in [0, 0.05) is 30.2 Å². The third-order valence-corrected chi connectivity index (χ3v) is 5.53. The van der Waals surface area contributed by atoms with Gasteiger partial charge in [-0.25, -0.2) is 13.1 Å². The number of anilines is 1. The number of amides is 1. The Labute approximate surface area is 149 Å². The summed E-state index contributed by atoms with van der Waals surface area (Å²) in [6, 6.07) is 4.86. The molecular weight excluding hydrogens is 342 g/mol. The van der Waals surface area contributed by atoms with Gasteiger partial charge in [0.15, 0.2) is 0 Å². The maximum atomic E-state index is 12.6. The minimum atomic E-state index is -3.67. The monoisotopic (exact) mass is 369 g/mol. The SMILES string of the molecule is Cc1ccc(NC(=O)CC2COCCN2)cc1S(=O)(=O)NC(C)(C)C. The van der Waals surface area contributed by atoms with Crippen molar-refractivity contribution in [2.75, 3.05) is 25.1 Å². The van der Waals surface area contributed by atoms with Crippen molar-refractivity contribution in [1.29, 1.82) is 0 Å². The predicted octanol–water partition coefficient (Wildman–Crippen LogP) is 1.39. The van der Waals surface area contributed by atoms with Crippen molar-refractivity contribution in [3.05, 3.63) is 23.8 Å². The molecule has 1 unspecified atom stereocenters. The summed E-state index contributed by atoms with van der Waals surface area (Å²) in [5.41, 5.74) is 0.496. The molecule has 3 N–H and O–H groups in total. The molecule has 7 nitrogen and oxygen atoms in total. The molecule has 0 aromatic heterocycles. The van der Waals surface area contributed by atoms with Crippen LogP contribution >= 0.6 is 0 Å². The topological polar surface area (TPSA) is 96.5 Å². The van der Waals surface area contributed by atoms with Gasteiger partial charge in [0.25, 0.3) is 0 Å². The summed E-state index contributed by atoms with van der Waals surface area (Å²) in [6.07, 6.45) is 0.274. The number of sulfonamides is 1. The standard InChI is InChI=1S/C17H27N3O4S/c1-12-5-6-13(9-15(12)25(22,23)20-17(2,3)4)19-16(21)10-14-11-24-8-7-18-14/h5-6,9,14,18,20H,7-8,10-11H2,1-4H3,(H,19,21). The molecule has 1 aliphatic heterocycles. The number of hydrogen-bond donors (Lipinski definition) is 3. The van der Waals surface area contributed by atoms with Crippen molar-refractivity contribution in [2.45, 2.75) is 50.6 Å². The number of morpholine rings is 1. The zero-order chi connectivity index (χ0) is 18.7. The Hall–Kier alpha value is -1.48. The summed E-state index contributed by atoms with van der Waals surface area (Å²) in [5, 5.41) is 5.98. The van der Waals surface area contributed by atoms with E-state index in [-0.39, 0.29) is 23.3 Å². The van der Waals surface area contributed by atoms with Crippen molar-refractivity contribution in [3.63, 3.8) is 0 Å². The fourth-order valence-electron chi connectivity index (χ4n) is 2.61. The lowest BCUT2D eigenvalue weighted by molar-refractivity contribution is -0.117. The largest absolute Gasteiger partial charge is 0.378 e. The Balaban J connectivity index is 2.11. The second-order valence-electron chi connectivity index (χ2n) is 7.31. The predicted molar refractivity (Wildman–Crippen MR) is 97.1 cm³/mol. The van der Waals surface area contributed by atoms with Crippen LogP contribution in [0.25, 0.3) is 0 Å². The first-order chi connectivity index (χ1) is 11.6. The average Bonchev–Trinajstić information content (AvgIpc) is 2.47. The Morgan fingerprint density at radius 3 is 2.68 bits per heavy atom. The number of ether oxygens (including phenoxy) is 1. The van der Waals surface area contributed by atoms with Crippen molar-refractivity contribution in [1.82, 2.24) is 10.0 Å². The highest BCUT2D eigenvalue weighted by molar-refractivity contribution is 7.89. The minimum absolute atomic E-state index is 0.0232. The number of benzene rings is 1. The van der Waals surface area contributed by atoms with Crippen LogP contribution in [0.3, 0.4) is 0 Å². The zero-order valence-electron chi connectivity index (χ0n) is 15.2. The van der Waals surface area contributed by atoms with Crippen molar-refractivity contribution in [2.24, 2.45) is 0 Å². The first kappa shape index (κ1) is 19.8. The van der Waals surface area contributed by atoms with Gasteiger partial charge in [0.05, 0.1) is 18.1 Å². The summed E-state index contributed by atoms with van der Waals surface area (Å²) in [6.45, 7) is 8.95. The fraction of sp³-hybridized carbons (Fsp3) is 0.588. The lowest BCUT2D eigenvalue weighted by Gasteiger charge is -2.23. The molecule has 1 heterocycles. The molecule has 1 amide bonds. The zero-order valence-corrected chi connectivity index (χ0v) is 16.0. The lowest BCUT2D eigenvalue weighted by Crippen LogP contribution is -2.43. The van der Waals surface area contributed by atoms with Gasteiger partial charge < -0.3 is 15.4 Å². The molecule has 0 aliphatic carbocycles. The second kappa shape index (κ2) is 7.82. The summed E-state index contributed by atoms with van der Waals surface area (Å²) in [7, 11) is -3.67. The van der Waals surface area contributed by atoms with Crippen LogP contribution in [0.1, 0.15) is 32.8 Å². The van der Waals surface area contributed by atoms with Gasteiger partial charge in [-0.15, -0.1) is 0 Å². The molecule has 140 valence electrons. The molecule has 0 radical (unpaired) electrons. The van der Waals surface area contributed by atoms with Crippen molar-refractivity contribution in [3.8, 4) is 0 Å². The molecule has 1 saturated heterocycles. The van der Waals surface area contributed by atoms with Gasteiger partial charge in [-0.1, -0.05) is 6.07 Å². The van der Waals surface area contributed by atoms with E-state index in [1.54, 1.807) is 39.8 Å². The quantitative estimate of drug-likeness (QED) is 0.729. The first-order valence-corrected chi connectivity index (χ1v) is 9.81. The third-order valence-electron chi connectivity index (χ3n) is 3.63. The first-order valence-electron chi connectivity index (χ1n) is 8.32. The van der Waals surface area contributed by atoms with E-state index in [2.05, 4.69) is 15.4 Å². The van der Waals surface area contributed by atoms with Crippen LogP contribution < -0.4 is 15.4 Å². The Morgan fingerprint density at radius 2 is 2.08 bits per heavy atom. The van der Waals surface area contributed by atoms with Crippen LogP contribution in [0.2, 0.25) is 0 Å². The normalized spacial score (nSPS) is 18.8. The number of aryl methyl sites for hydroxylation is 1. The van der Waals surface area contributed by atoms with Gasteiger partial charge in [-0.2, -0.15) is 0 Å². The van der Waals surface area contributed by atoms with Crippen LogP contribution in [0.5, 0.6) is 0 Å². The number of carbonyl (C=O) groups is 1. The van der Waals surface area contributed by atoms with E-state index < -0.39 is 15.6 Å². The number of carbonyl (C=O) groups excluding carboxylic acids is 1. The van der Waals surface area contributed by atoms with Crippen LogP contribution in [0.15, 0.2) is 23.1 Å². The maximum absolute atomic E-state index is 12.6. The molecule has 0 bridgehead atoms. The molecule has 0 saturated carbocycles. The van der Waals surface area contributed by atoms with E-state index in [1.165, 1.54) is 6.07 Å². The molecule has 25 heavy (non-hydrogen) atoms.